The van der Waals surface area contributed by atoms with Gasteiger partial charge in [0.25, 0.3) is 0 Å². The van der Waals surface area contributed by atoms with E-state index in [2.05, 4.69) is 41.4 Å². The number of para-hydroxylation sites is 8. The molecule has 226 valence electrons. The molecule has 3 heterocycles. The SMILES string of the molecule is O=S(=O)([O-])O.c1ccc2nc3c(-c4ccc5nc6ccccc6nc5c4-c4cccc5nc6ccccc6[nH+]c45)cccc3nc2c1. The molecule has 0 saturated carbocycles. The van der Waals surface area contributed by atoms with E-state index in [1.165, 1.54) is 0 Å². The van der Waals surface area contributed by atoms with Gasteiger partial charge in [0, 0.05) is 17.2 Å². The van der Waals surface area contributed by atoms with Gasteiger partial charge in [-0.1, -0.05) is 60.7 Å². The van der Waals surface area contributed by atoms with Crippen molar-refractivity contribution in [2.75, 3.05) is 0 Å². The van der Waals surface area contributed by atoms with E-state index >= 15 is 0 Å². The highest BCUT2D eigenvalue weighted by atomic mass is 32.3. The van der Waals surface area contributed by atoms with Gasteiger partial charge in [0.2, 0.25) is 21.4 Å². The number of H-pyrrole nitrogens is 1. The number of benzene rings is 6. The molecule has 0 radical (unpaired) electrons. The van der Waals surface area contributed by atoms with Crippen LogP contribution >= 0.6 is 0 Å². The highest BCUT2D eigenvalue weighted by Crippen LogP contribution is 2.41. The molecule has 2 N–H and O–H groups in total. The first-order valence-electron chi connectivity index (χ1n) is 14.5. The predicted molar refractivity (Wildman–Crippen MR) is 180 cm³/mol. The van der Waals surface area contributed by atoms with Crippen LogP contribution in [0.3, 0.4) is 0 Å². The Morgan fingerprint density at radius 3 is 1.60 bits per heavy atom. The van der Waals surface area contributed by atoms with Crippen LogP contribution in [0.15, 0.2) is 121 Å². The van der Waals surface area contributed by atoms with Gasteiger partial charge in [0.05, 0.1) is 49.7 Å². The lowest BCUT2D eigenvalue weighted by Crippen LogP contribution is -2.09. The van der Waals surface area contributed by atoms with Crippen LogP contribution in [-0.4, -0.2) is 42.4 Å². The third-order valence-electron chi connectivity index (χ3n) is 7.89. The van der Waals surface area contributed by atoms with Crippen molar-refractivity contribution < 1.29 is 22.5 Å². The smallest absolute Gasteiger partial charge is 0.237 e. The number of hydrogen-bond acceptors (Lipinski definition) is 8. The van der Waals surface area contributed by atoms with Crippen molar-refractivity contribution in [2.24, 2.45) is 0 Å². The van der Waals surface area contributed by atoms with Crippen molar-refractivity contribution in [3.63, 3.8) is 0 Å². The summed E-state index contributed by atoms with van der Waals surface area (Å²) in [6, 6.07) is 40.7. The fourth-order valence-corrected chi connectivity index (χ4v) is 5.96. The molecule has 11 heteroatoms. The molecule has 0 spiro atoms. The minimum absolute atomic E-state index is 0.825. The Morgan fingerprint density at radius 1 is 0.468 bits per heavy atom. The average molecular weight is 635 g/mol. The van der Waals surface area contributed by atoms with Crippen molar-refractivity contribution in [2.45, 2.75) is 0 Å². The first-order chi connectivity index (χ1) is 22.8. The van der Waals surface area contributed by atoms with Crippen molar-refractivity contribution in [3.05, 3.63) is 121 Å². The molecule has 0 bridgehead atoms. The van der Waals surface area contributed by atoms with Gasteiger partial charge < -0.3 is 4.55 Å². The normalized spacial score (nSPS) is 11.8. The minimum Gasteiger partial charge on any atom is -0.726 e. The molecule has 0 aliphatic rings. The van der Waals surface area contributed by atoms with E-state index in [1.54, 1.807) is 0 Å². The van der Waals surface area contributed by atoms with Crippen LogP contribution in [0, 0.1) is 0 Å². The van der Waals surface area contributed by atoms with Crippen LogP contribution in [-0.2, 0) is 10.4 Å². The van der Waals surface area contributed by atoms with Crippen LogP contribution in [0.2, 0.25) is 0 Å². The molecular weight excluding hydrogens is 613 g/mol. The highest BCUT2D eigenvalue weighted by Gasteiger charge is 2.22. The quantitative estimate of drug-likeness (QED) is 0.124. The summed E-state index contributed by atoms with van der Waals surface area (Å²) in [7, 11) is -4.92. The number of rotatable bonds is 2. The lowest BCUT2D eigenvalue weighted by atomic mass is 9.91. The van der Waals surface area contributed by atoms with E-state index in [4.69, 9.17) is 42.4 Å². The number of hydrogen-bond donors (Lipinski definition) is 1. The van der Waals surface area contributed by atoms with E-state index < -0.39 is 10.4 Å². The lowest BCUT2D eigenvalue weighted by molar-refractivity contribution is -0.310. The monoisotopic (exact) mass is 634 g/mol. The van der Waals surface area contributed by atoms with Gasteiger partial charge in [-0.2, -0.15) is 0 Å². The molecule has 0 atom stereocenters. The van der Waals surface area contributed by atoms with Crippen LogP contribution in [0.25, 0.3) is 88.5 Å². The zero-order valence-electron chi connectivity index (χ0n) is 24.4. The van der Waals surface area contributed by atoms with Crippen LogP contribution in [0.4, 0.5) is 0 Å². The second-order valence-corrected chi connectivity index (χ2v) is 11.7. The zero-order valence-corrected chi connectivity index (χ0v) is 25.2. The standard InChI is InChI=1S/C36H20N6.H2O4S/c1-4-14-27-24(11-1)37-30-17-7-9-22(34(30)40-27)21-19-20-32-36(42-29-16-6-3-13-26(29)39-32)33(21)23-10-8-18-31-35(23)41-28-15-5-2-12-25(28)38-31;1-5(2,3)4/h1-20H;(H2,1,2,3,4). The van der Waals surface area contributed by atoms with Crippen molar-refractivity contribution in [3.8, 4) is 22.3 Å². The number of fused-ring (bicyclic) bond motifs is 6. The van der Waals surface area contributed by atoms with Crippen LogP contribution in [0.5, 0.6) is 0 Å². The van der Waals surface area contributed by atoms with Gasteiger partial charge in [0.1, 0.15) is 11.0 Å². The van der Waals surface area contributed by atoms with Gasteiger partial charge in [-0.3, -0.25) is 4.55 Å². The molecule has 0 amide bonds. The first kappa shape index (κ1) is 28.5. The number of aromatic nitrogens is 6. The molecule has 0 saturated heterocycles. The molecule has 9 aromatic rings. The molecule has 6 aromatic carbocycles. The van der Waals surface area contributed by atoms with Crippen molar-refractivity contribution in [1.82, 2.24) is 24.9 Å². The second-order valence-electron chi connectivity index (χ2n) is 10.8. The summed E-state index contributed by atoms with van der Waals surface area (Å²) in [6.45, 7) is 0. The first-order valence-corrected chi connectivity index (χ1v) is 15.9. The Hall–Kier alpha value is -6.01. The summed E-state index contributed by atoms with van der Waals surface area (Å²) in [4.78, 5) is 28.9. The maximum absolute atomic E-state index is 8.63. The summed E-state index contributed by atoms with van der Waals surface area (Å²) in [5.41, 5.74) is 14.5. The molecule has 10 nitrogen and oxygen atoms in total. The van der Waals surface area contributed by atoms with Gasteiger partial charge in [-0.15, -0.1) is 0 Å². The fourth-order valence-electron chi connectivity index (χ4n) is 5.96. The largest absolute Gasteiger partial charge is 0.726 e. The molecule has 47 heavy (non-hydrogen) atoms. The third-order valence-corrected chi connectivity index (χ3v) is 7.89. The predicted octanol–water partition coefficient (Wildman–Crippen LogP) is 6.73. The highest BCUT2D eigenvalue weighted by molar-refractivity contribution is 7.79. The van der Waals surface area contributed by atoms with Crippen molar-refractivity contribution in [1.29, 1.82) is 0 Å². The summed E-state index contributed by atoms with van der Waals surface area (Å²) in [6.07, 6.45) is 0. The van der Waals surface area contributed by atoms with Gasteiger partial charge in [-0.05, 0) is 60.2 Å². The zero-order chi connectivity index (χ0) is 32.1. The third kappa shape index (κ3) is 5.34. The Bertz CT molecular complexity index is 2800. The number of nitrogens with one attached hydrogen (secondary N) is 1. The van der Waals surface area contributed by atoms with E-state index in [-0.39, 0.29) is 0 Å². The number of aromatic amines is 1. The molecule has 0 aliphatic carbocycles. The van der Waals surface area contributed by atoms with E-state index in [9.17, 15) is 0 Å². The van der Waals surface area contributed by atoms with E-state index in [0.717, 1.165) is 88.5 Å². The minimum atomic E-state index is -4.92. The van der Waals surface area contributed by atoms with Crippen molar-refractivity contribution >= 4 is 76.6 Å². The summed E-state index contributed by atoms with van der Waals surface area (Å²) in [5, 5.41) is 0. The topological polar surface area (TPSA) is 156 Å². The Morgan fingerprint density at radius 2 is 0.936 bits per heavy atom. The Labute approximate surface area is 267 Å². The summed E-state index contributed by atoms with van der Waals surface area (Å²) < 4.78 is 32.8. The molecule has 3 aromatic heterocycles. The van der Waals surface area contributed by atoms with Gasteiger partial charge in [-0.25, -0.2) is 38.3 Å². The van der Waals surface area contributed by atoms with Crippen LogP contribution in [0.1, 0.15) is 0 Å². The van der Waals surface area contributed by atoms with Gasteiger partial charge in [0.15, 0.2) is 0 Å². The molecule has 9 rings (SSSR count). The summed E-state index contributed by atoms with van der Waals surface area (Å²) >= 11 is 0. The molecule has 0 unspecified atom stereocenters. The summed E-state index contributed by atoms with van der Waals surface area (Å²) in [5.74, 6) is 0. The maximum atomic E-state index is 8.63. The Kier molecular flexibility index (Phi) is 6.73. The second kappa shape index (κ2) is 11.1. The Balaban J connectivity index is 0.000000606. The van der Waals surface area contributed by atoms with E-state index in [0.29, 0.717) is 0 Å². The maximum Gasteiger partial charge on any atom is 0.237 e. The molecule has 0 aliphatic heterocycles. The molecule has 0 fully saturated rings. The lowest BCUT2D eigenvalue weighted by Gasteiger charge is -2.15. The number of nitrogens with zero attached hydrogens (tertiary/aromatic N) is 5. The fraction of sp³-hybridized carbons (Fsp3) is 0. The molecular formula is C36H22N6O4S. The van der Waals surface area contributed by atoms with E-state index in [1.807, 2.05) is 84.9 Å². The van der Waals surface area contributed by atoms with Crippen LogP contribution < -0.4 is 4.98 Å². The average Bonchev–Trinajstić information content (AvgIpc) is 3.07. The van der Waals surface area contributed by atoms with Gasteiger partial charge >= 0.3 is 0 Å².